The van der Waals surface area contributed by atoms with E-state index < -0.39 is 0 Å². The third kappa shape index (κ3) is 2.80. The molecule has 2 N–H and O–H groups in total. The van der Waals surface area contributed by atoms with Crippen LogP contribution < -0.4 is 5.73 Å². The van der Waals surface area contributed by atoms with Gasteiger partial charge in [0.2, 0.25) is 0 Å². The number of hydrogen-bond donors (Lipinski definition) is 1. The minimum Gasteiger partial charge on any atom is -0.374 e. The van der Waals surface area contributed by atoms with Gasteiger partial charge in [-0.3, -0.25) is 4.98 Å². The number of aryl methyl sites for hydroxylation is 1. The van der Waals surface area contributed by atoms with E-state index in [4.69, 9.17) is 10.5 Å². The first-order chi connectivity index (χ1) is 7.65. The lowest BCUT2D eigenvalue weighted by Crippen LogP contribution is -2.36. The summed E-state index contributed by atoms with van der Waals surface area (Å²) in [5.74, 6) is 0. The van der Waals surface area contributed by atoms with Crippen LogP contribution in [0.2, 0.25) is 0 Å². The molecule has 3 atom stereocenters. The lowest BCUT2D eigenvalue weighted by molar-refractivity contribution is 0.0403. The van der Waals surface area contributed by atoms with Gasteiger partial charge in [-0.2, -0.15) is 0 Å². The van der Waals surface area contributed by atoms with E-state index in [1.807, 2.05) is 19.2 Å². The van der Waals surface area contributed by atoms with Crippen LogP contribution >= 0.6 is 0 Å². The van der Waals surface area contributed by atoms with E-state index in [-0.39, 0.29) is 12.1 Å². The van der Waals surface area contributed by atoms with Crippen molar-refractivity contribution in [3.05, 3.63) is 29.6 Å². The first-order valence-electron chi connectivity index (χ1n) is 5.97. The predicted octanol–water partition coefficient (Wildman–Crippen LogP) is 1.83. The van der Waals surface area contributed by atoms with E-state index in [2.05, 4.69) is 18.0 Å². The molecule has 3 heteroatoms. The average Bonchev–Trinajstić information content (AvgIpc) is 2.68. The van der Waals surface area contributed by atoms with Gasteiger partial charge in [0.1, 0.15) is 0 Å². The highest BCUT2D eigenvalue weighted by molar-refractivity contribution is 5.13. The summed E-state index contributed by atoms with van der Waals surface area (Å²) >= 11 is 0. The Balaban J connectivity index is 1.91. The summed E-state index contributed by atoms with van der Waals surface area (Å²) in [6.07, 6.45) is 5.46. The lowest BCUT2D eigenvalue weighted by atomic mass is 10.0. The molecule has 2 heterocycles. The molecule has 0 radical (unpaired) electrons. The summed E-state index contributed by atoms with van der Waals surface area (Å²) in [6.45, 7) is 4.15. The second-order valence-corrected chi connectivity index (χ2v) is 4.76. The van der Waals surface area contributed by atoms with Crippen LogP contribution in [0.5, 0.6) is 0 Å². The van der Waals surface area contributed by atoms with E-state index in [0.717, 1.165) is 25.0 Å². The zero-order chi connectivity index (χ0) is 11.5. The van der Waals surface area contributed by atoms with Crippen molar-refractivity contribution in [1.29, 1.82) is 0 Å². The molecule has 1 fully saturated rings. The zero-order valence-corrected chi connectivity index (χ0v) is 10.0. The summed E-state index contributed by atoms with van der Waals surface area (Å²) < 4.78 is 5.77. The fourth-order valence-corrected chi connectivity index (χ4v) is 2.14. The Labute approximate surface area is 97.0 Å². The maximum absolute atomic E-state index is 6.15. The molecular formula is C13H20N2O. The van der Waals surface area contributed by atoms with Crippen molar-refractivity contribution in [1.82, 2.24) is 4.98 Å². The molecule has 3 nitrogen and oxygen atoms in total. The van der Waals surface area contributed by atoms with Crippen molar-refractivity contribution in [3.8, 4) is 0 Å². The van der Waals surface area contributed by atoms with Crippen LogP contribution in [-0.2, 0) is 11.2 Å². The Bertz CT molecular complexity index is 336. The molecule has 16 heavy (non-hydrogen) atoms. The van der Waals surface area contributed by atoms with Crippen molar-refractivity contribution in [3.63, 3.8) is 0 Å². The van der Waals surface area contributed by atoms with Crippen molar-refractivity contribution >= 4 is 0 Å². The Kier molecular flexibility index (Phi) is 3.56. The van der Waals surface area contributed by atoms with Crippen molar-refractivity contribution in [2.75, 3.05) is 0 Å². The highest BCUT2D eigenvalue weighted by atomic mass is 16.5. The lowest BCUT2D eigenvalue weighted by Gasteiger charge is -2.19. The fourth-order valence-electron chi connectivity index (χ4n) is 2.14. The summed E-state index contributed by atoms with van der Waals surface area (Å²) in [6, 6.07) is 4.20. The minimum absolute atomic E-state index is 0.0696. The molecule has 88 valence electrons. The molecule has 3 unspecified atom stereocenters. The molecule has 0 aromatic carbocycles. The van der Waals surface area contributed by atoms with Gasteiger partial charge >= 0.3 is 0 Å². The molecule has 0 spiro atoms. The van der Waals surface area contributed by atoms with E-state index >= 15 is 0 Å². The predicted molar refractivity (Wildman–Crippen MR) is 64.2 cm³/mol. The van der Waals surface area contributed by atoms with Gasteiger partial charge in [-0.05, 0) is 38.3 Å². The fraction of sp³-hybridized carbons (Fsp3) is 0.615. The molecule has 0 saturated carbocycles. The van der Waals surface area contributed by atoms with Crippen molar-refractivity contribution in [2.45, 2.75) is 51.4 Å². The third-order valence-electron chi connectivity index (χ3n) is 3.16. The quantitative estimate of drug-likeness (QED) is 0.845. The second-order valence-electron chi connectivity index (χ2n) is 4.76. The van der Waals surface area contributed by atoms with E-state index in [1.165, 1.54) is 5.56 Å². The van der Waals surface area contributed by atoms with Crippen LogP contribution in [0.4, 0.5) is 0 Å². The SMILES string of the molecule is Cc1ccc(CC(N)C2CCC(C)O2)nc1. The molecule has 1 saturated heterocycles. The summed E-state index contributed by atoms with van der Waals surface area (Å²) in [5.41, 5.74) is 8.39. The number of nitrogens with zero attached hydrogens (tertiary/aromatic N) is 1. The smallest absolute Gasteiger partial charge is 0.0734 e. The molecule has 2 rings (SSSR count). The van der Waals surface area contributed by atoms with E-state index in [1.54, 1.807) is 0 Å². The minimum atomic E-state index is 0.0696. The first-order valence-corrected chi connectivity index (χ1v) is 5.97. The molecule has 0 amide bonds. The Hall–Kier alpha value is -0.930. The molecule has 0 aliphatic carbocycles. The number of ether oxygens (including phenoxy) is 1. The Morgan fingerprint density at radius 1 is 1.50 bits per heavy atom. The van der Waals surface area contributed by atoms with Gasteiger partial charge in [0.25, 0.3) is 0 Å². The van der Waals surface area contributed by atoms with Gasteiger partial charge in [0.05, 0.1) is 12.2 Å². The molecule has 1 aromatic heterocycles. The third-order valence-corrected chi connectivity index (χ3v) is 3.16. The summed E-state index contributed by atoms with van der Waals surface area (Å²) in [5, 5.41) is 0. The highest BCUT2D eigenvalue weighted by Crippen LogP contribution is 2.22. The van der Waals surface area contributed by atoms with Gasteiger partial charge in [-0.25, -0.2) is 0 Å². The van der Waals surface area contributed by atoms with Gasteiger partial charge in [0.15, 0.2) is 0 Å². The Morgan fingerprint density at radius 2 is 2.31 bits per heavy atom. The average molecular weight is 220 g/mol. The maximum Gasteiger partial charge on any atom is 0.0734 e. The van der Waals surface area contributed by atoms with Crippen molar-refractivity contribution in [2.24, 2.45) is 5.73 Å². The summed E-state index contributed by atoms with van der Waals surface area (Å²) in [4.78, 5) is 4.37. The Morgan fingerprint density at radius 3 is 2.88 bits per heavy atom. The first kappa shape index (κ1) is 11.6. The molecule has 1 aliphatic heterocycles. The zero-order valence-electron chi connectivity index (χ0n) is 10.0. The van der Waals surface area contributed by atoms with Crippen LogP contribution in [-0.4, -0.2) is 23.2 Å². The topological polar surface area (TPSA) is 48.1 Å². The largest absolute Gasteiger partial charge is 0.374 e. The number of rotatable bonds is 3. The molecular weight excluding hydrogens is 200 g/mol. The standard InChI is InChI=1S/C13H20N2O/c1-9-3-5-11(15-8-9)7-12(14)13-6-4-10(2)16-13/h3,5,8,10,12-13H,4,6-7,14H2,1-2H3. The molecule has 1 aromatic rings. The number of pyridine rings is 1. The van der Waals surface area contributed by atoms with Crippen LogP contribution in [0.1, 0.15) is 31.0 Å². The van der Waals surface area contributed by atoms with Gasteiger partial charge < -0.3 is 10.5 Å². The van der Waals surface area contributed by atoms with Gasteiger partial charge in [-0.1, -0.05) is 6.07 Å². The van der Waals surface area contributed by atoms with Crippen molar-refractivity contribution < 1.29 is 4.74 Å². The molecule has 1 aliphatic rings. The van der Waals surface area contributed by atoms with Crippen LogP contribution in [0.3, 0.4) is 0 Å². The van der Waals surface area contributed by atoms with Crippen LogP contribution in [0, 0.1) is 6.92 Å². The number of aromatic nitrogens is 1. The van der Waals surface area contributed by atoms with E-state index in [0.29, 0.717) is 6.10 Å². The maximum atomic E-state index is 6.15. The van der Waals surface area contributed by atoms with Gasteiger partial charge in [0, 0.05) is 24.4 Å². The van der Waals surface area contributed by atoms with Crippen LogP contribution in [0.25, 0.3) is 0 Å². The number of nitrogens with two attached hydrogens (primary N) is 1. The van der Waals surface area contributed by atoms with Gasteiger partial charge in [-0.15, -0.1) is 0 Å². The normalized spacial score (nSPS) is 26.9. The molecule has 0 bridgehead atoms. The number of hydrogen-bond acceptors (Lipinski definition) is 3. The highest BCUT2D eigenvalue weighted by Gasteiger charge is 2.27. The monoisotopic (exact) mass is 220 g/mol. The second kappa shape index (κ2) is 4.93. The summed E-state index contributed by atoms with van der Waals surface area (Å²) in [7, 11) is 0. The van der Waals surface area contributed by atoms with E-state index in [9.17, 15) is 0 Å². The van der Waals surface area contributed by atoms with Crippen LogP contribution in [0.15, 0.2) is 18.3 Å².